The minimum absolute atomic E-state index is 0.185. The van der Waals surface area contributed by atoms with Gasteiger partial charge in [-0.2, -0.15) is 11.8 Å². The Kier molecular flexibility index (Phi) is 7.64. The smallest absolute Gasteiger partial charge is 0.221 e. The number of rotatable bonds is 7. The number of amides is 1. The van der Waals surface area contributed by atoms with E-state index < -0.39 is 0 Å². The van der Waals surface area contributed by atoms with Crippen LogP contribution in [-0.4, -0.2) is 44.1 Å². The van der Waals surface area contributed by atoms with Crippen LogP contribution in [0, 0.1) is 11.8 Å². The Hall–Kier alpha value is -1.04. The summed E-state index contributed by atoms with van der Waals surface area (Å²) in [5, 5.41) is 3.29. The molecule has 2 aliphatic heterocycles. The lowest BCUT2D eigenvalue weighted by Gasteiger charge is -2.39. The fourth-order valence-electron chi connectivity index (χ4n) is 3.76. The fourth-order valence-corrected chi connectivity index (χ4v) is 4.66. The molecule has 1 N–H and O–H groups in total. The van der Waals surface area contributed by atoms with Gasteiger partial charge in [-0.15, -0.1) is 0 Å². The van der Waals surface area contributed by atoms with Gasteiger partial charge in [0.1, 0.15) is 0 Å². The summed E-state index contributed by atoms with van der Waals surface area (Å²) in [5.41, 5.74) is 1.32. The van der Waals surface area contributed by atoms with Gasteiger partial charge in [0.2, 0.25) is 5.91 Å². The molecule has 25 heavy (non-hydrogen) atoms. The number of benzene rings is 1. The van der Waals surface area contributed by atoms with Crippen molar-refractivity contribution >= 4 is 17.7 Å². The molecule has 0 bridgehead atoms. The molecule has 1 aromatic carbocycles. The Bertz CT molecular complexity index is 519. The van der Waals surface area contributed by atoms with Crippen molar-refractivity contribution < 1.29 is 14.3 Å². The molecule has 0 saturated carbocycles. The number of hydrogen-bond donors (Lipinski definition) is 1. The minimum atomic E-state index is 0.185. The largest absolute Gasteiger partial charge is 0.381 e. The number of hydrogen-bond acceptors (Lipinski definition) is 4. The molecule has 2 saturated heterocycles. The lowest BCUT2D eigenvalue weighted by molar-refractivity contribution is -0.123. The van der Waals surface area contributed by atoms with Crippen LogP contribution in [0.15, 0.2) is 30.3 Å². The maximum absolute atomic E-state index is 12.4. The van der Waals surface area contributed by atoms with Crippen LogP contribution in [0.4, 0.5) is 0 Å². The Morgan fingerprint density at radius 3 is 2.64 bits per heavy atom. The van der Waals surface area contributed by atoms with E-state index in [1.54, 1.807) is 0 Å². The molecule has 0 unspecified atom stereocenters. The van der Waals surface area contributed by atoms with Crippen molar-refractivity contribution in [3.8, 4) is 0 Å². The van der Waals surface area contributed by atoms with Crippen LogP contribution in [0.1, 0.15) is 31.2 Å². The van der Waals surface area contributed by atoms with Gasteiger partial charge < -0.3 is 14.8 Å². The van der Waals surface area contributed by atoms with Crippen molar-refractivity contribution in [3.63, 3.8) is 0 Å². The van der Waals surface area contributed by atoms with Gasteiger partial charge in [0.15, 0.2) is 0 Å². The van der Waals surface area contributed by atoms with Crippen molar-refractivity contribution in [1.29, 1.82) is 0 Å². The number of thioether (sulfide) groups is 1. The van der Waals surface area contributed by atoms with Crippen molar-refractivity contribution in [2.24, 2.45) is 11.8 Å². The summed E-state index contributed by atoms with van der Waals surface area (Å²) in [4.78, 5) is 12.4. The average Bonchev–Trinajstić information content (AvgIpc) is 2.67. The van der Waals surface area contributed by atoms with E-state index in [-0.39, 0.29) is 11.9 Å². The predicted octanol–water partition coefficient (Wildman–Crippen LogP) is 3.26. The highest BCUT2D eigenvalue weighted by molar-refractivity contribution is 7.98. The first-order valence-corrected chi connectivity index (χ1v) is 10.5. The molecule has 0 aromatic heterocycles. The number of carbonyl (C=O) groups excluding carboxylic acids is 1. The topological polar surface area (TPSA) is 47.6 Å². The van der Waals surface area contributed by atoms with Crippen LogP contribution in [0.2, 0.25) is 0 Å². The lowest BCUT2D eigenvalue weighted by Crippen LogP contribution is -2.49. The van der Waals surface area contributed by atoms with Crippen LogP contribution in [0.5, 0.6) is 0 Å². The second kappa shape index (κ2) is 10.2. The second-order valence-electron chi connectivity index (χ2n) is 6.94. The highest BCUT2D eigenvalue weighted by atomic mass is 32.2. The molecule has 5 heteroatoms. The first-order valence-electron chi connectivity index (χ1n) is 9.39. The average molecular weight is 364 g/mol. The predicted molar refractivity (Wildman–Crippen MR) is 102 cm³/mol. The summed E-state index contributed by atoms with van der Waals surface area (Å²) in [7, 11) is 0. The third kappa shape index (κ3) is 6.01. The van der Waals surface area contributed by atoms with Gasteiger partial charge >= 0.3 is 0 Å². The van der Waals surface area contributed by atoms with Crippen LogP contribution >= 0.6 is 11.8 Å². The summed E-state index contributed by atoms with van der Waals surface area (Å²) in [6, 6.07) is 10.7. The Morgan fingerprint density at radius 1 is 1.08 bits per heavy atom. The standard InChI is InChI=1S/C20H29NO3S/c22-20(9-13-25-15-16-4-2-1-3-5-16)21-19-8-12-24-14-18(19)17-6-10-23-11-7-17/h1-5,17-19H,6-15H2,(H,21,22)/t18-,19-/m0/s1. The third-order valence-electron chi connectivity index (χ3n) is 5.20. The van der Waals surface area contributed by atoms with Gasteiger partial charge in [0, 0.05) is 49.7 Å². The Morgan fingerprint density at radius 2 is 1.84 bits per heavy atom. The second-order valence-corrected chi connectivity index (χ2v) is 8.04. The molecule has 1 aromatic rings. The highest BCUT2D eigenvalue weighted by Gasteiger charge is 2.34. The van der Waals surface area contributed by atoms with Crippen LogP contribution < -0.4 is 5.32 Å². The molecular weight excluding hydrogens is 334 g/mol. The molecular formula is C20H29NO3S. The Labute approximate surface area is 155 Å². The molecule has 2 aliphatic rings. The van der Waals surface area contributed by atoms with Gasteiger partial charge in [0.25, 0.3) is 0 Å². The number of ether oxygens (including phenoxy) is 2. The minimum Gasteiger partial charge on any atom is -0.381 e. The van der Waals surface area contributed by atoms with Gasteiger partial charge in [0.05, 0.1) is 6.61 Å². The van der Waals surface area contributed by atoms with Gasteiger partial charge in [-0.1, -0.05) is 30.3 Å². The van der Waals surface area contributed by atoms with Gasteiger partial charge in [-0.05, 0) is 30.7 Å². The molecule has 0 spiro atoms. The SMILES string of the molecule is O=C(CCSCc1ccccc1)N[C@H]1CCOC[C@H]1C1CCOCC1. The first kappa shape index (κ1) is 18.7. The molecule has 0 aliphatic carbocycles. The van der Waals surface area contributed by atoms with E-state index in [9.17, 15) is 4.79 Å². The van der Waals surface area contributed by atoms with Gasteiger partial charge in [-0.3, -0.25) is 4.79 Å². The summed E-state index contributed by atoms with van der Waals surface area (Å²) in [5.74, 6) is 3.08. The monoisotopic (exact) mass is 363 g/mol. The molecule has 3 rings (SSSR count). The first-order chi connectivity index (χ1) is 12.3. The van der Waals surface area contributed by atoms with E-state index in [0.717, 1.165) is 57.2 Å². The molecule has 4 nitrogen and oxygen atoms in total. The van der Waals surface area contributed by atoms with Crippen molar-refractivity contribution in [2.45, 2.75) is 37.5 Å². The third-order valence-corrected chi connectivity index (χ3v) is 6.23. The quantitative estimate of drug-likeness (QED) is 0.756. The molecule has 0 radical (unpaired) electrons. The fraction of sp³-hybridized carbons (Fsp3) is 0.650. The maximum Gasteiger partial charge on any atom is 0.221 e. The molecule has 2 fully saturated rings. The number of nitrogens with one attached hydrogen (secondary N) is 1. The summed E-state index contributed by atoms with van der Waals surface area (Å²) in [6.45, 7) is 3.22. The van der Waals surface area contributed by atoms with Crippen LogP contribution in [0.3, 0.4) is 0 Å². The van der Waals surface area contributed by atoms with E-state index in [1.165, 1.54) is 5.56 Å². The van der Waals surface area contributed by atoms with E-state index >= 15 is 0 Å². The van der Waals surface area contributed by atoms with E-state index in [1.807, 2.05) is 17.8 Å². The zero-order valence-electron chi connectivity index (χ0n) is 14.8. The zero-order chi connectivity index (χ0) is 17.3. The van der Waals surface area contributed by atoms with Crippen molar-refractivity contribution in [2.75, 3.05) is 32.2 Å². The van der Waals surface area contributed by atoms with Gasteiger partial charge in [-0.25, -0.2) is 0 Å². The van der Waals surface area contributed by atoms with E-state index in [4.69, 9.17) is 9.47 Å². The van der Waals surface area contributed by atoms with E-state index in [2.05, 4.69) is 29.6 Å². The normalized spacial score (nSPS) is 24.8. The van der Waals surface area contributed by atoms with Crippen molar-refractivity contribution in [3.05, 3.63) is 35.9 Å². The molecule has 2 atom stereocenters. The summed E-state index contributed by atoms with van der Waals surface area (Å²) >= 11 is 1.82. The van der Waals surface area contributed by atoms with Crippen LogP contribution in [-0.2, 0) is 20.0 Å². The molecule has 2 heterocycles. The molecule has 1 amide bonds. The van der Waals surface area contributed by atoms with Crippen LogP contribution in [0.25, 0.3) is 0 Å². The molecule has 138 valence electrons. The summed E-state index contributed by atoms with van der Waals surface area (Å²) in [6.07, 6.45) is 3.71. The van der Waals surface area contributed by atoms with E-state index in [0.29, 0.717) is 18.3 Å². The zero-order valence-corrected chi connectivity index (χ0v) is 15.6. The Balaban J connectivity index is 1.39. The maximum atomic E-state index is 12.4. The number of carbonyl (C=O) groups is 1. The van der Waals surface area contributed by atoms with Crippen molar-refractivity contribution in [1.82, 2.24) is 5.32 Å². The lowest BCUT2D eigenvalue weighted by atomic mass is 9.79. The summed E-state index contributed by atoms with van der Waals surface area (Å²) < 4.78 is 11.2. The highest BCUT2D eigenvalue weighted by Crippen LogP contribution is 2.30.